The molecule has 0 aliphatic carbocycles. The van der Waals surface area contributed by atoms with E-state index in [2.05, 4.69) is 53.6 Å². The van der Waals surface area contributed by atoms with Crippen LogP contribution in [0.5, 0.6) is 0 Å². The number of hydrogen-bond acceptors (Lipinski definition) is 5. The van der Waals surface area contributed by atoms with Crippen LogP contribution in [0.2, 0.25) is 0 Å². The number of amides is 1. The second-order valence-corrected chi connectivity index (χ2v) is 9.84. The molecule has 7 nitrogen and oxygen atoms in total. The van der Waals surface area contributed by atoms with Crippen LogP contribution >= 0.6 is 0 Å². The first-order valence-corrected chi connectivity index (χ1v) is 13.2. The van der Waals surface area contributed by atoms with Gasteiger partial charge in [0.25, 0.3) is 0 Å². The number of carbonyl (C=O) groups excluding carboxylic acids is 1. The van der Waals surface area contributed by atoms with Gasteiger partial charge in [-0.2, -0.15) is 5.26 Å². The molecule has 4 rings (SSSR count). The molecular formula is C24H26IN6O-. The fourth-order valence-corrected chi connectivity index (χ4v) is 5.86. The summed E-state index contributed by atoms with van der Waals surface area (Å²) in [6.07, 6.45) is 4.38. The third-order valence-corrected chi connectivity index (χ3v) is 7.86. The molecule has 32 heavy (non-hydrogen) atoms. The molecule has 1 aromatic heterocycles. The topological polar surface area (TPSA) is 86.0 Å². The number of nitrogens with one attached hydrogen (secondary N) is 2. The molecule has 1 amide bonds. The van der Waals surface area contributed by atoms with Crippen molar-refractivity contribution >= 4 is 5.91 Å². The molecule has 0 unspecified atom stereocenters. The average Bonchev–Trinajstić information content (AvgIpc) is 3.27. The summed E-state index contributed by atoms with van der Waals surface area (Å²) < 4.78 is 6.58. The monoisotopic (exact) mass is 541 g/mol. The number of nitrogens with zero attached hydrogens (tertiary/aromatic N) is 4. The maximum absolute atomic E-state index is 12.7. The van der Waals surface area contributed by atoms with Crippen molar-refractivity contribution < 1.29 is 26.3 Å². The van der Waals surface area contributed by atoms with Crippen LogP contribution in [0.15, 0.2) is 67.1 Å². The number of carbonyl (C=O) groups is 1. The number of imidazole rings is 1. The summed E-state index contributed by atoms with van der Waals surface area (Å²) in [5, 5.41) is 12.0. The third kappa shape index (κ3) is 6.16. The molecular weight excluding hydrogens is 515 g/mol. The van der Waals surface area contributed by atoms with Crippen LogP contribution in [0, 0.1) is 11.3 Å². The molecule has 1 atom stereocenters. The number of rotatable bonds is 8. The number of halogens is 1. The maximum atomic E-state index is 12.7. The number of benzene rings is 2. The Kier molecular flexibility index (Phi) is 7.87. The minimum atomic E-state index is -0.208. The van der Waals surface area contributed by atoms with E-state index in [-0.39, 0.29) is 33.4 Å². The van der Waals surface area contributed by atoms with Crippen LogP contribution in [-0.2, 0) is 24.3 Å². The molecule has 1 aliphatic rings. The van der Waals surface area contributed by atoms with E-state index in [9.17, 15) is 4.79 Å². The molecule has 1 aliphatic heterocycles. The zero-order valence-electron chi connectivity index (χ0n) is 17.7. The Labute approximate surface area is 199 Å². The van der Waals surface area contributed by atoms with Crippen molar-refractivity contribution in [1.82, 2.24) is 23.3 Å². The van der Waals surface area contributed by atoms with E-state index in [4.69, 9.17) is 5.26 Å². The average molecular weight is 541 g/mol. The summed E-state index contributed by atoms with van der Waals surface area (Å²) in [6.45, 7) is 2.89. The van der Waals surface area contributed by atoms with Gasteiger partial charge in [-0.1, -0.05) is 0 Å². The van der Waals surface area contributed by atoms with E-state index >= 15 is 0 Å². The normalized spacial score (nSPS) is 16.7. The Morgan fingerprint density at radius 1 is 1.16 bits per heavy atom. The van der Waals surface area contributed by atoms with Gasteiger partial charge in [-0.3, -0.25) is 0 Å². The quantitative estimate of drug-likeness (QED) is 0.164. The molecule has 0 radical (unpaired) electrons. The molecule has 0 saturated carbocycles. The van der Waals surface area contributed by atoms with Gasteiger partial charge in [-0.25, -0.2) is 0 Å². The van der Waals surface area contributed by atoms with E-state index in [0.717, 1.165) is 35.3 Å². The third-order valence-electron chi connectivity index (χ3n) is 5.36. The van der Waals surface area contributed by atoms with E-state index in [1.54, 1.807) is 0 Å². The number of nitriles is 1. The first-order chi connectivity index (χ1) is 15.7. The van der Waals surface area contributed by atoms with E-state index < -0.39 is 0 Å². The standard InChI is InChI=1S/C24H26IN6O/c26-12-19-6-8-21(9-7-19)15-31-18-27-13-22(31)10-11-28-24(32)23-16-30(17-25-29-23)14-20-4-2-1-3-5-20/h1-9,13,18,23,29H,10-11,14-17H2,(H,28,32)/q-1/t23-/m1/s1. The Hall–Kier alpha value is -2.74. The SMILES string of the molecule is N#Cc1ccc(Cn2cncc2CCNC(=O)[C@H]2CN(Cc3ccccc3)C[I-]N2)cc1. The molecule has 2 heterocycles. The van der Waals surface area contributed by atoms with Crippen LogP contribution in [0.4, 0.5) is 0 Å². The molecule has 2 aromatic carbocycles. The molecule has 166 valence electrons. The Morgan fingerprint density at radius 3 is 2.72 bits per heavy atom. The van der Waals surface area contributed by atoms with Crippen molar-refractivity contribution in [1.29, 1.82) is 5.26 Å². The van der Waals surface area contributed by atoms with Gasteiger partial charge in [-0.05, 0) is 0 Å². The van der Waals surface area contributed by atoms with E-state index in [0.29, 0.717) is 18.7 Å². The Balaban J connectivity index is 1.25. The molecule has 2 N–H and O–H groups in total. The van der Waals surface area contributed by atoms with Crippen molar-refractivity contribution in [2.45, 2.75) is 25.6 Å². The van der Waals surface area contributed by atoms with Gasteiger partial charge < -0.3 is 0 Å². The summed E-state index contributed by atoms with van der Waals surface area (Å²) in [7, 11) is 0. The van der Waals surface area contributed by atoms with Crippen LogP contribution in [0.25, 0.3) is 0 Å². The summed E-state index contributed by atoms with van der Waals surface area (Å²) >= 11 is -0.208. The number of alkyl halides is 1. The molecule has 1 fully saturated rings. The predicted molar refractivity (Wildman–Crippen MR) is 118 cm³/mol. The molecule has 0 bridgehead atoms. The van der Waals surface area contributed by atoms with E-state index in [1.807, 2.05) is 42.9 Å². The zero-order valence-corrected chi connectivity index (χ0v) is 19.9. The second-order valence-electron chi connectivity index (χ2n) is 7.77. The molecule has 3 aromatic rings. The molecule has 8 heteroatoms. The Morgan fingerprint density at radius 2 is 1.94 bits per heavy atom. The van der Waals surface area contributed by atoms with Gasteiger partial charge in [0.15, 0.2) is 0 Å². The van der Waals surface area contributed by atoms with Gasteiger partial charge in [-0.15, -0.1) is 0 Å². The molecule has 1 saturated heterocycles. The van der Waals surface area contributed by atoms with E-state index in [1.165, 1.54) is 5.56 Å². The van der Waals surface area contributed by atoms with Crippen LogP contribution in [-0.4, -0.2) is 44.0 Å². The number of aromatic nitrogens is 2. The van der Waals surface area contributed by atoms with Gasteiger partial charge in [0, 0.05) is 0 Å². The van der Waals surface area contributed by atoms with Crippen LogP contribution in [0.3, 0.4) is 0 Å². The summed E-state index contributed by atoms with van der Waals surface area (Å²) in [5.74, 6) is 0.0700. The first kappa shape index (κ1) is 22.5. The summed E-state index contributed by atoms with van der Waals surface area (Å²) in [5.41, 5.74) is 4.13. The second kappa shape index (κ2) is 11.2. The minimum absolute atomic E-state index is 0.0700. The van der Waals surface area contributed by atoms with Gasteiger partial charge >= 0.3 is 183 Å². The van der Waals surface area contributed by atoms with Crippen molar-refractivity contribution in [3.05, 3.63) is 89.5 Å². The van der Waals surface area contributed by atoms with Gasteiger partial charge in [0.1, 0.15) is 0 Å². The van der Waals surface area contributed by atoms with Crippen LogP contribution < -0.4 is 30.3 Å². The fraction of sp³-hybridized carbons (Fsp3) is 0.292. The van der Waals surface area contributed by atoms with Crippen molar-refractivity contribution in [2.24, 2.45) is 0 Å². The predicted octanol–water partition coefficient (Wildman–Crippen LogP) is -1.10. The van der Waals surface area contributed by atoms with Gasteiger partial charge in [0.2, 0.25) is 0 Å². The van der Waals surface area contributed by atoms with Crippen molar-refractivity contribution in [3.63, 3.8) is 0 Å². The number of hydrogen-bond donors (Lipinski definition) is 2. The van der Waals surface area contributed by atoms with Crippen molar-refractivity contribution in [3.8, 4) is 6.07 Å². The summed E-state index contributed by atoms with van der Waals surface area (Å²) in [6, 6.07) is 20.0. The van der Waals surface area contributed by atoms with Crippen molar-refractivity contribution in [2.75, 3.05) is 17.6 Å². The van der Waals surface area contributed by atoms with Crippen LogP contribution in [0.1, 0.15) is 22.4 Å². The zero-order chi connectivity index (χ0) is 22.2. The Bertz CT molecular complexity index is 1060. The first-order valence-electron chi connectivity index (χ1n) is 10.6. The fourth-order valence-electron chi connectivity index (χ4n) is 3.65. The summed E-state index contributed by atoms with van der Waals surface area (Å²) in [4.78, 5) is 19.4. The van der Waals surface area contributed by atoms with Gasteiger partial charge in [0.05, 0.1) is 11.6 Å². The molecule has 0 spiro atoms.